The molecular formula is C15H24N2O3. The molecule has 0 aliphatic heterocycles. The number of nitrogens with one attached hydrogen (secondary N) is 2. The van der Waals surface area contributed by atoms with Gasteiger partial charge in [-0.05, 0) is 31.9 Å². The molecule has 2 N–H and O–H groups in total. The first-order chi connectivity index (χ1) is 9.77. The molecule has 1 aromatic carbocycles. The highest BCUT2D eigenvalue weighted by molar-refractivity contribution is 5.90. The lowest BCUT2D eigenvalue weighted by molar-refractivity contribution is 0.145. The molecule has 5 nitrogen and oxygen atoms in total. The number of carbonyl (C=O) groups is 1. The van der Waals surface area contributed by atoms with E-state index in [1.807, 2.05) is 38.1 Å². The molecule has 5 heteroatoms. The van der Waals surface area contributed by atoms with Gasteiger partial charge in [0.05, 0.1) is 12.3 Å². The van der Waals surface area contributed by atoms with E-state index in [9.17, 15) is 4.79 Å². The highest BCUT2D eigenvalue weighted by atomic mass is 16.5. The maximum absolute atomic E-state index is 11.8. The third-order valence-electron chi connectivity index (χ3n) is 2.55. The van der Waals surface area contributed by atoms with Gasteiger partial charge in [0.2, 0.25) is 0 Å². The molecule has 0 aliphatic carbocycles. The molecule has 0 aliphatic rings. The van der Waals surface area contributed by atoms with Gasteiger partial charge in [0, 0.05) is 19.8 Å². The summed E-state index contributed by atoms with van der Waals surface area (Å²) in [7, 11) is 0. The minimum absolute atomic E-state index is 0.228. The van der Waals surface area contributed by atoms with Crippen molar-refractivity contribution in [3.05, 3.63) is 24.3 Å². The Morgan fingerprint density at radius 1 is 1.20 bits per heavy atom. The standard InChI is InChI=1S/C15H24N2O3/c1-3-11-20-14-9-6-5-8-13(14)17-15(18)16-10-7-12-19-4-2/h5-6,8-9H,3-4,7,10-12H2,1-2H3,(H2,16,17,18). The number of hydrogen-bond donors (Lipinski definition) is 2. The Hall–Kier alpha value is -1.75. The summed E-state index contributed by atoms with van der Waals surface area (Å²) in [5, 5.41) is 5.58. The third-order valence-corrected chi connectivity index (χ3v) is 2.55. The molecule has 0 fully saturated rings. The zero-order chi connectivity index (χ0) is 14.6. The van der Waals surface area contributed by atoms with Crippen LogP contribution in [0, 0.1) is 0 Å². The second-order valence-electron chi connectivity index (χ2n) is 4.28. The minimum Gasteiger partial charge on any atom is -0.491 e. The fraction of sp³-hybridized carbons (Fsp3) is 0.533. The van der Waals surface area contributed by atoms with E-state index in [0.717, 1.165) is 12.8 Å². The lowest BCUT2D eigenvalue weighted by Crippen LogP contribution is -2.30. The van der Waals surface area contributed by atoms with Gasteiger partial charge in [-0.1, -0.05) is 19.1 Å². The molecule has 0 radical (unpaired) electrons. The van der Waals surface area contributed by atoms with Crippen LogP contribution in [0.2, 0.25) is 0 Å². The molecule has 0 saturated carbocycles. The largest absolute Gasteiger partial charge is 0.491 e. The summed E-state index contributed by atoms with van der Waals surface area (Å²) < 4.78 is 10.8. The van der Waals surface area contributed by atoms with Gasteiger partial charge in [-0.15, -0.1) is 0 Å². The van der Waals surface area contributed by atoms with Crippen molar-refractivity contribution in [1.82, 2.24) is 5.32 Å². The van der Waals surface area contributed by atoms with Crippen LogP contribution >= 0.6 is 0 Å². The molecule has 1 rings (SSSR count). The van der Waals surface area contributed by atoms with Crippen LogP contribution in [-0.4, -0.2) is 32.4 Å². The molecule has 0 unspecified atom stereocenters. The van der Waals surface area contributed by atoms with E-state index in [1.54, 1.807) is 0 Å². The molecule has 0 atom stereocenters. The maximum atomic E-state index is 11.8. The minimum atomic E-state index is -0.228. The molecule has 0 heterocycles. The Morgan fingerprint density at radius 3 is 2.75 bits per heavy atom. The first-order valence-corrected chi connectivity index (χ1v) is 7.12. The van der Waals surface area contributed by atoms with Gasteiger partial charge in [-0.25, -0.2) is 4.79 Å². The first-order valence-electron chi connectivity index (χ1n) is 7.12. The van der Waals surface area contributed by atoms with Crippen molar-refractivity contribution in [1.29, 1.82) is 0 Å². The number of amides is 2. The zero-order valence-corrected chi connectivity index (χ0v) is 12.3. The number of ether oxygens (including phenoxy) is 2. The Morgan fingerprint density at radius 2 is 2.00 bits per heavy atom. The van der Waals surface area contributed by atoms with Gasteiger partial charge in [0.25, 0.3) is 0 Å². The van der Waals surface area contributed by atoms with Gasteiger partial charge < -0.3 is 20.1 Å². The summed E-state index contributed by atoms with van der Waals surface area (Å²) in [5.41, 5.74) is 0.684. The number of benzene rings is 1. The summed E-state index contributed by atoms with van der Waals surface area (Å²) in [6.07, 6.45) is 1.73. The quantitative estimate of drug-likeness (QED) is 0.684. The zero-order valence-electron chi connectivity index (χ0n) is 12.3. The number of urea groups is 1. The number of hydrogen-bond acceptors (Lipinski definition) is 3. The van der Waals surface area contributed by atoms with Crippen LogP contribution < -0.4 is 15.4 Å². The van der Waals surface area contributed by atoms with Crippen LogP contribution in [-0.2, 0) is 4.74 Å². The van der Waals surface area contributed by atoms with Crippen LogP contribution in [0.15, 0.2) is 24.3 Å². The Labute approximate surface area is 120 Å². The number of carbonyl (C=O) groups excluding carboxylic acids is 1. The Bertz CT molecular complexity index is 396. The van der Waals surface area contributed by atoms with Crippen LogP contribution in [0.25, 0.3) is 0 Å². The molecule has 0 saturated heterocycles. The molecule has 20 heavy (non-hydrogen) atoms. The van der Waals surface area contributed by atoms with Crippen molar-refractivity contribution in [2.24, 2.45) is 0 Å². The van der Waals surface area contributed by atoms with Gasteiger partial charge in [0.15, 0.2) is 0 Å². The molecule has 1 aromatic rings. The topological polar surface area (TPSA) is 59.6 Å². The highest BCUT2D eigenvalue weighted by Gasteiger charge is 2.06. The van der Waals surface area contributed by atoms with E-state index in [0.29, 0.717) is 37.8 Å². The predicted molar refractivity (Wildman–Crippen MR) is 80.4 cm³/mol. The van der Waals surface area contributed by atoms with Crippen molar-refractivity contribution < 1.29 is 14.3 Å². The SMILES string of the molecule is CCCOc1ccccc1NC(=O)NCCCOCC. The number of para-hydroxylation sites is 2. The summed E-state index contributed by atoms with van der Waals surface area (Å²) >= 11 is 0. The molecule has 0 bridgehead atoms. The lowest BCUT2D eigenvalue weighted by atomic mass is 10.3. The highest BCUT2D eigenvalue weighted by Crippen LogP contribution is 2.23. The fourth-order valence-electron chi connectivity index (χ4n) is 1.59. The van der Waals surface area contributed by atoms with Gasteiger partial charge in [-0.2, -0.15) is 0 Å². The summed E-state index contributed by atoms with van der Waals surface area (Å²) in [6.45, 7) is 6.58. The van der Waals surface area contributed by atoms with E-state index in [2.05, 4.69) is 10.6 Å². The van der Waals surface area contributed by atoms with E-state index in [-0.39, 0.29) is 6.03 Å². The van der Waals surface area contributed by atoms with Crippen LogP contribution in [0.5, 0.6) is 5.75 Å². The third kappa shape index (κ3) is 6.43. The number of anilines is 1. The van der Waals surface area contributed by atoms with Gasteiger partial charge in [-0.3, -0.25) is 0 Å². The van der Waals surface area contributed by atoms with E-state index >= 15 is 0 Å². The van der Waals surface area contributed by atoms with E-state index < -0.39 is 0 Å². The van der Waals surface area contributed by atoms with Crippen molar-refractivity contribution in [3.63, 3.8) is 0 Å². The van der Waals surface area contributed by atoms with Crippen molar-refractivity contribution >= 4 is 11.7 Å². The Kier molecular flexibility index (Phi) is 8.22. The van der Waals surface area contributed by atoms with Crippen molar-refractivity contribution in [3.8, 4) is 5.75 Å². The lowest BCUT2D eigenvalue weighted by Gasteiger charge is -2.12. The monoisotopic (exact) mass is 280 g/mol. The van der Waals surface area contributed by atoms with E-state index in [1.165, 1.54) is 0 Å². The molecule has 112 valence electrons. The van der Waals surface area contributed by atoms with Crippen LogP contribution in [0.4, 0.5) is 10.5 Å². The number of rotatable bonds is 9. The summed E-state index contributed by atoms with van der Waals surface area (Å²) in [6, 6.07) is 7.19. The van der Waals surface area contributed by atoms with E-state index in [4.69, 9.17) is 9.47 Å². The smallest absolute Gasteiger partial charge is 0.319 e. The normalized spacial score (nSPS) is 10.1. The van der Waals surface area contributed by atoms with Gasteiger partial charge in [0.1, 0.15) is 5.75 Å². The Balaban J connectivity index is 2.37. The van der Waals surface area contributed by atoms with Crippen molar-refractivity contribution in [2.75, 3.05) is 31.7 Å². The molecule has 0 aromatic heterocycles. The predicted octanol–water partition coefficient (Wildman–Crippen LogP) is 3.02. The maximum Gasteiger partial charge on any atom is 0.319 e. The molecular weight excluding hydrogens is 256 g/mol. The summed E-state index contributed by atoms with van der Waals surface area (Å²) in [4.78, 5) is 11.8. The second-order valence-corrected chi connectivity index (χ2v) is 4.28. The molecule has 0 spiro atoms. The average Bonchev–Trinajstić information content (AvgIpc) is 2.46. The van der Waals surface area contributed by atoms with Gasteiger partial charge >= 0.3 is 6.03 Å². The fourth-order valence-corrected chi connectivity index (χ4v) is 1.59. The molecule has 2 amide bonds. The average molecular weight is 280 g/mol. The summed E-state index contributed by atoms with van der Waals surface area (Å²) in [5.74, 6) is 0.693. The van der Waals surface area contributed by atoms with Crippen LogP contribution in [0.3, 0.4) is 0 Å². The second kappa shape index (κ2) is 10.1. The van der Waals surface area contributed by atoms with Crippen molar-refractivity contribution in [2.45, 2.75) is 26.7 Å². The van der Waals surface area contributed by atoms with Crippen LogP contribution in [0.1, 0.15) is 26.7 Å². The first kappa shape index (κ1) is 16.3.